The van der Waals surface area contributed by atoms with Gasteiger partial charge in [-0.1, -0.05) is 25.5 Å². The van der Waals surface area contributed by atoms with Gasteiger partial charge in [-0.05, 0) is 56.9 Å². The predicted octanol–water partition coefficient (Wildman–Crippen LogP) is 3.38. The molecule has 2 aliphatic rings. The maximum absolute atomic E-state index is 5.74. The zero-order valence-electron chi connectivity index (χ0n) is 12.2. The summed E-state index contributed by atoms with van der Waals surface area (Å²) in [5.74, 6) is 2.35. The Kier molecular flexibility index (Phi) is 5.25. The Labute approximate surface area is 112 Å². The maximum Gasteiger partial charge on any atom is 0.0613 e. The first-order valence-corrected chi connectivity index (χ1v) is 7.68. The van der Waals surface area contributed by atoms with E-state index in [1.165, 1.54) is 25.8 Å². The summed E-state index contributed by atoms with van der Waals surface area (Å²) in [7, 11) is 0. The lowest BCUT2D eigenvalue weighted by molar-refractivity contribution is 0.0870. The lowest BCUT2D eigenvalue weighted by Crippen LogP contribution is -2.32. The van der Waals surface area contributed by atoms with E-state index in [4.69, 9.17) is 4.74 Å². The van der Waals surface area contributed by atoms with Gasteiger partial charge in [0.25, 0.3) is 0 Å². The Hall–Kier alpha value is -0.340. The van der Waals surface area contributed by atoms with Crippen LogP contribution in [0.1, 0.15) is 46.5 Å². The molecule has 1 aliphatic heterocycles. The summed E-state index contributed by atoms with van der Waals surface area (Å²) in [5.41, 5.74) is 1.58. The molecule has 2 rings (SSSR count). The van der Waals surface area contributed by atoms with Crippen LogP contribution >= 0.6 is 0 Å². The van der Waals surface area contributed by atoms with E-state index in [9.17, 15) is 0 Å². The van der Waals surface area contributed by atoms with Crippen LogP contribution in [0.15, 0.2) is 11.6 Å². The van der Waals surface area contributed by atoms with Gasteiger partial charge >= 0.3 is 0 Å². The summed E-state index contributed by atoms with van der Waals surface area (Å²) in [4.78, 5) is 0. The second kappa shape index (κ2) is 6.72. The zero-order valence-corrected chi connectivity index (χ0v) is 12.2. The molecule has 0 radical (unpaired) electrons. The van der Waals surface area contributed by atoms with E-state index < -0.39 is 0 Å². The largest absolute Gasteiger partial charge is 0.378 e. The second-order valence-corrected chi connectivity index (χ2v) is 6.32. The first-order valence-electron chi connectivity index (χ1n) is 7.68. The van der Waals surface area contributed by atoms with Crippen LogP contribution in [-0.2, 0) is 4.74 Å². The Balaban J connectivity index is 1.68. The average molecular weight is 251 g/mol. The van der Waals surface area contributed by atoms with Crippen molar-refractivity contribution in [2.24, 2.45) is 17.8 Å². The fraction of sp³-hybridized carbons (Fsp3) is 0.875. The van der Waals surface area contributed by atoms with Crippen molar-refractivity contribution < 1.29 is 4.74 Å². The van der Waals surface area contributed by atoms with E-state index in [0.717, 1.165) is 37.3 Å². The molecule has 0 amide bonds. The summed E-state index contributed by atoms with van der Waals surface area (Å²) in [6, 6.07) is 0. The Bertz CT molecular complexity index is 287. The first-order chi connectivity index (χ1) is 8.69. The number of nitrogens with one attached hydrogen (secondary N) is 1. The molecule has 0 aromatic carbocycles. The SMILES string of the molecule is CCC1OCCC1CNCC1CC(C)=CC(C)C1. The summed E-state index contributed by atoms with van der Waals surface area (Å²) in [5, 5.41) is 3.70. The van der Waals surface area contributed by atoms with Gasteiger partial charge in [0.1, 0.15) is 0 Å². The minimum atomic E-state index is 0.504. The van der Waals surface area contributed by atoms with Crippen molar-refractivity contribution in [3.63, 3.8) is 0 Å². The minimum Gasteiger partial charge on any atom is -0.378 e. The molecule has 1 N–H and O–H groups in total. The molecule has 0 spiro atoms. The zero-order chi connectivity index (χ0) is 13.0. The molecule has 1 saturated heterocycles. The van der Waals surface area contributed by atoms with Gasteiger partial charge in [0.15, 0.2) is 0 Å². The number of hydrogen-bond acceptors (Lipinski definition) is 2. The molecule has 18 heavy (non-hydrogen) atoms. The molecule has 1 heterocycles. The Morgan fingerprint density at radius 1 is 1.39 bits per heavy atom. The highest BCUT2D eigenvalue weighted by Gasteiger charge is 2.26. The fourth-order valence-electron chi connectivity index (χ4n) is 3.69. The van der Waals surface area contributed by atoms with E-state index in [2.05, 4.69) is 32.2 Å². The molecule has 4 unspecified atom stereocenters. The Morgan fingerprint density at radius 3 is 2.94 bits per heavy atom. The minimum absolute atomic E-state index is 0.504. The molecule has 1 aliphatic carbocycles. The quantitative estimate of drug-likeness (QED) is 0.756. The van der Waals surface area contributed by atoms with Crippen LogP contribution in [0.5, 0.6) is 0 Å². The van der Waals surface area contributed by atoms with Crippen LogP contribution < -0.4 is 5.32 Å². The van der Waals surface area contributed by atoms with Gasteiger partial charge < -0.3 is 10.1 Å². The molecule has 2 heteroatoms. The molecule has 4 atom stereocenters. The fourth-order valence-corrected chi connectivity index (χ4v) is 3.69. The highest BCUT2D eigenvalue weighted by molar-refractivity contribution is 5.06. The van der Waals surface area contributed by atoms with Crippen molar-refractivity contribution >= 4 is 0 Å². The van der Waals surface area contributed by atoms with Gasteiger partial charge in [0.2, 0.25) is 0 Å². The molecule has 0 aromatic rings. The van der Waals surface area contributed by atoms with Gasteiger partial charge in [0.05, 0.1) is 6.10 Å². The van der Waals surface area contributed by atoms with Crippen molar-refractivity contribution in [1.29, 1.82) is 0 Å². The van der Waals surface area contributed by atoms with Crippen LogP contribution in [0.3, 0.4) is 0 Å². The first kappa shape index (κ1) is 14.1. The van der Waals surface area contributed by atoms with Crippen LogP contribution in [0, 0.1) is 17.8 Å². The van der Waals surface area contributed by atoms with E-state index in [1.54, 1.807) is 5.57 Å². The van der Waals surface area contributed by atoms with Gasteiger partial charge in [-0.2, -0.15) is 0 Å². The van der Waals surface area contributed by atoms with Crippen molar-refractivity contribution in [3.8, 4) is 0 Å². The van der Waals surface area contributed by atoms with E-state index in [-0.39, 0.29) is 0 Å². The van der Waals surface area contributed by atoms with Crippen molar-refractivity contribution in [1.82, 2.24) is 5.32 Å². The van der Waals surface area contributed by atoms with E-state index >= 15 is 0 Å². The maximum atomic E-state index is 5.74. The molecule has 1 fully saturated rings. The van der Waals surface area contributed by atoms with Gasteiger partial charge in [-0.15, -0.1) is 0 Å². The Morgan fingerprint density at radius 2 is 2.22 bits per heavy atom. The lowest BCUT2D eigenvalue weighted by Gasteiger charge is -2.26. The van der Waals surface area contributed by atoms with Crippen LogP contribution in [0.2, 0.25) is 0 Å². The predicted molar refractivity (Wildman–Crippen MR) is 76.7 cm³/mol. The smallest absolute Gasteiger partial charge is 0.0613 e. The topological polar surface area (TPSA) is 21.3 Å². The third-order valence-electron chi connectivity index (χ3n) is 4.47. The number of allylic oxidation sites excluding steroid dienone is 2. The van der Waals surface area contributed by atoms with Crippen LogP contribution in [-0.4, -0.2) is 25.8 Å². The van der Waals surface area contributed by atoms with Gasteiger partial charge in [-0.3, -0.25) is 0 Å². The van der Waals surface area contributed by atoms with Gasteiger partial charge in [-0.25, -0.2) is 0 Å². The molecule has 0 bridgehead atoms. The molecule has 0 saturated carbocycles. The third kappa shape index (κ3) is 3.83. The van der Waals surface area contributed by atoms with Crippen LogP contribution in [0.4, 0.5) is 0 Å². The lowest BCUT2D eigenvalue weighted by atomic mass is 9.83. The molecule has 104 valence electrons. The van der Waals surface area contributed by atoms with Gasteiger partial charge in [0, 0.05) is 13.2 Å². The summed E-state index contributed by atoms with van der Waals surface area (Å²) in [6.45, 7) is 10.1. The third-order valence-corrected chi connectivity index (χ3v) is 4.47. The molecule has 0 aromatic heterocycles. The molecular formula is C16H29NO. The van der Waals surface area contributed by atoms with Crippen molar-refractivity contribution in [2.75, 3.05) is 19.7 Å². The normalized spacial score (nSPS) is 36.7. The number of ether oxygens (including phenoxy) is 1. The van der Waals surface area contributed by atoms with E-state index in [0.29, 0.717) is 6.10 Å². The second-order valence-electron chi connectivity index (χ2n) is 6.32. The average Bonchev–Trinajstić information content (AvgIpc) is 2.75. The number of rotatable bonds is 5. The molecular weight excluding hydrogens is 222 g/mol. The standard InChI is InChI=1S/C16H29NO/c1-4-16-15(5-6-18-16)11-17-10-14-8-12(2)7-13(3)9-14/h7,12,14-17H,4-6,8-11H2,1-3H3. The highest BCUT2D eigenvalue weighted by atomic mass is 16.5. The van der Waals surface area contributed by atoms with Crippen molar-refractivity contribution in [3.05, 3.63) is 11.6 Å². The monoisotopic (exact) mass is 251 g/mol. The van der Waals surface area contributed by atoms with E-state index in [1.807, 2.05) is 0 Å². The summed E-state index contributed by atoms with van der Waals surface area (Å²) in [6.07, 6.45) is 7.98. The summed E-state index contributed by atoms with van der Waals surface area (Å²) < 4.78 is 5.74. The van der Waals surface area contributed by atoms with Crippen LogP contribution in [0.25, 0.3) is 0 Å². The number of hydrogen-bond donors (Lipinski definition) is 1. The van der Waals surface area contributed by atoms with Crippen molar-refractivity contribution in [2.45, 2.75) is 52.6 Å². The molecule has 2 nitrogen and oxygen atoms in total. The highest BCUT2D eigenvalue weighted by Crippen LogP contribution is 2.27. The summed E-state index contributed by atoms with van der Waals surface area (Å²) >= 11 is 0.